The number of sulfonamides is 1. The van der Waals surface area contributed by atoms with E-state index in [0.717, 1.165) is 25.0 Å². The molecule has 1 aromatic carbocycles. The summed E-state index contributed by atoms with van der Waals surface area (Å²) in [6.45, 7) is 0.470. The van der Waals surface area contributed by atoms with Crippen molar-refractivity contribution in [1.29, 1.82) is 0 Å². The van der Waals surface area contributed by atoms with Crippen molar-refractivity contribution in [2.45, 2.75) is 68.4 Å². The summed E-state index contributed by atoms with van der Waals surface area (Å²) in [6, 6.07) is 4.87. The SMILES string of the molecule is O=C(NOC1CCCCO1)C1(S(=O)(=O)N2CCC(Oc3ccc(OC(F)(F)F)cc3)CC2)CCS(=O)(=O)CC1. The lowest BCUT2D eigenvalue weighted by Crippen LogP contribution is -2.62. The number of nitrogens with one attached hydrogen (secondary N) is 1. The molecule has 3 saturated heterocycles. The standard InChI is InChI=1S/C23H31F3N2O9S2/c24-23(25,26)36-19-6-4-17(5-7-19)35-18-8-12-28(13-9-18)39(32,33)22(10-15-38(30,31)16-11-22)21(29)27-37-20-3-1-2-14-34-20/h4-7,18,20H,1-3,8-16H2,(H,27,29). The number of piperidine rings is 1. The highest BCUT2D eigenvalue weighted by Gasteiger charge is 2.56. The third-order valence-electron chi connectivity index (χ3n) is 7.06. The van der Waals surface area contributed by atoms with Crippen LogP contribution in [0, 0.1) is 0 Å². The van der Waals surface area contributed by atoms with Gasteiger partial charge in [-0.25, -0.2) is 31.5 Å². The molecule has 0 spiro atoms. The lowest BCUT2D eigenvalue weighted by atomic mass is 10.0. The molecule has 1 atom stereocenters. The number of carbonyl (C=O) groups excluding carboxylic acids is 1. The van der Waals surface area contributed by atoms with Gasteiger partial charge in [0, 0.05) is 26.1 Å². The summed E-state index contributed by atoms with van der Waals surface area (Å²) in [5, 5.41) is 0. The normalized spacial score (nSPS) is 24.5. The molecule has 0 aliphatic carbocycles. The number of halogens is 3. The van der Waals surface area contributed by atoms with Gasteiger partial charge in [-0.1, -0.05) is 0 Å². The lowest BCUT2D eigenvalue weighted by molar-refractivity contribution is -0.274. The number of nitrogens with zero attached hydrogens (tertiary/aromatic N) is 1. The van der Waals surface area contributed by atoms with Crippen LogP contribution in [0.1, 0.15) is 44.9 Å². The molecule has 220 valence electrons. The van der Waals surface area contributed by atoms with Gasteiger partial charge < -0.3 is 14.2 Å². The van der Waals surface area contributed by atoms with Crippen molar-refractivity contribution in [2.24, 2.45) is 0 Å². The summed E-state index contributed by atoms with van der Waals surface area (Å²) < 4.78 is 103. The molecule has 0 saturated carbocycles. The van der Waals surface area contributed by atoms with E-state index in [4.69, 9.17) is 14.3 Å². The third kappa shape index (κ3) is 7.34. The van der Waals surface area contributed by atoms with Crippen LogP contribution in [0.25, 0.3) is 0 Å². The van der Waals surface area contributed by atoms with Gasteiger partial charge in [-0.2, -0.15) is 0 Å². The van der Waals surface area contributed by atoms with Crippen molar-refractivity contribution >= 4 is 25.8 Å². The molecule has 1 unspecified atom stereocenters. The van der Waals surface area contributed by atoms with Gasteiger partial charge in [0.2, 0.25) is 10.0 Å². The summed E-state index contributed by atoms with van der Waals surface area (Å²) in [7, 11) is -7.80. The summed E-state index contributed by atoms with van der Waals surface area (Å²) in [5.74, 6) is -1.93. The van der Waals surface area contributed by atoms with Crippen molar-refractivity contribution in [2.75, 3.05) is 31.2 Å². The van der Waals surface area contributed by atoms with Gasteiger partial charge in [0.05, 0.1) is 11.5 Å². The Kier molecular flexibility index (Phi) is 9.00. The molecule has 3 heterocycles. The molecule has 16 heteroatoms. The van der Waals surface area contributed by atoms with E-state index in [1.807, 2.05) is 0 Å². The van der Waals surface area contributed by atoms with Crippen LogP contribution in [0.15, 0.2) is 24.3 Å². The molecule has 0 aromatic heterocycles. The molecule has 1 N–H and O–H groups in total. The van der Waals surface area contributed by atoms with Crippen LogP contribution < -0.4 is 15.0 Å². The molecule has 39 heavy (non-hydrogen) atoms. The topological polar surface area (TPSA) is 138 Å². The van der Waals surface area contributed by atoms with E-state index in [1.54, 1.807) is 0 Å². The number of hydrogen-bond donors (Lipinski definition) is 1. The Morgan fingerprint density at radius 1 is 1.03 bits per heavy atom. The first-order valence-corrected chi connectivity index (χ1v) is 15.9. The maximum absolute atomic E-state index is 13.8. The first-order chi connectivity index (χ1) is 18.3. The number of alkyl halides is 3. The zero-order chi connectivity index (χ0) is 28.3. The van der Waals surface area contributed by atoms with E-state index < -0.39 is 79.4 Å². The number of rotatable bonds is 8. The summed E-state index contributed by atoms with van der Waals surface area (Å²) in [6.07, 6.45) is -4.04. The van der Waals surface area contributed by atoms with Gasteiger partial charge >= 0.3 is 6.36 Å². The average molecular weight is 601 g/mol. The van der Waals surface area contributed by atoms with Crippen molar-refractivity contribution < 1.29 is 53.8 Å². The fourth-order valence-corrected chi connectivity index (χ4v) is 8.80. The van der Waals surface area contributed by atoms with E-state index in [1.165, 1.54) is 16.4 Å². The number of amides is 1. The molecule has 3 aliphatic rings. The van der Waals surface area contributed by atoms with Crippen LogP contribution in [0.2, 0.25) is 0 Å². The second kappa shape index (κ2) is 11.8. The van der Waals surface area contributed by atoms with Crippen LogP contribution in [-0.4, -0.2) is 81.8 Å². The average Bonchev–Trinajstić information content (AvgIpc) is 2.88. The minimum atomic E-state index is -4.81. The molecule has 3 fully saturated rings. The number of hydroxylamine groups is 1. The smallest absolute Gasteiger partial charge is 0.490 e. The Hall–Kier alpha value is -2.14. The Bertz CT molecular complexity index is 1200. The van der Waals surface area contributed by atoms with Gasteiger partial charge in [0.25, 0.3) is 5.91 Å². The second-order valence-corrected chi connectivity index (χ2v) is 14.3. The zero-order valence-corrected chi connectivity index (χ0v) is 22.7. The van der Waals surface area contributed by atoms with Crippen LogP contribution in [0.4, 0.5) is 13.2 Å². The van der Waals surface area contributed by atoms with Crippen molar-refractivity contribution in [3.05, 3.63) is 24.3 Å². The van der Waals surface area contributed by atoms with Crippen molar-refractivity contribution in [1.82, 2.24) is 9.79 Å². The molecule has 3 aliphatic heterocycles. The predicted octanol–water partition coefficient (Wildman–Crippen LogP) is 2.28. The van der Waals surface area contributed by atoms with Gasteiger partial charge in [-0.05, 0) is 62.8 Å². The lowest BCUT2D eigenvalue weighted by Gasteiger charge is -2.41. The Labute approximate surface area is 224 Å². The van der Waals surface area contributed by atoms with Gasteiger partial charge in [-0.15, -0.1) is 13.2 Å². The molecule has 0 bridgehead atoms. The highest BCUT2D eigenvalue weighted by atomic mass is 32.2. The molecule has 11 nitrogen and oxygen atoms in total. The number of sulfone groups is 1. The number of ether oxygens (including phenoxy) is 3. The minimum Gasteiger partial charge on any atom is -0.490 e. The third-order valence-corrected chi connectivity index (χ3v) is 11.3. The Balaban J connectivity index is 1.40. The van der Waals surface area contributed by atoms with Crippen LogP contribution >= 0.6 is 0 Å². The zero-order valence-electron chi connectivity index (χ0n) is 21.0. The van der Waals surface area contributed by atoms with E-state index in [0.29, 0.717) is 18.8 Å². The van der Waals surface area contributed by atoms with Crippen LogP contribution in [0.3, 0.4) is 0 Å². The van der Waals surface area contributed by atoms with Crippen molar-refractivity contribution in [3.8, 4) is 11.5 Å². The fourth-order valence-electron chi connectivity index (χ4n) is 4.84. The maximum Gasteiger partial charge on any atom is 0.573 e. The Morgan fingerprint density at radius 2 is 1.64 bits per heavy atom. The number of benzene rings is 1. The molecule has 1 amide bonds. The summed E-state index contributed by atoms with van der Waals surface area (Å²) in [4.78, 5) is 18.6. The molecule has 1 aromatic rings. The fraction of sp³-hybridized carbons (Fsp3) is 0.696. The quantitative estimate of drug-likeness (QED) is 0.446. The van der Waals surface area contributed by atoms with E-state index in [9.17, 15) is 34.8 Å². The van der Waals surface area contributed by atoms with E-state index in [2.05, 4.69) is 10.2 Å². The first-order valence-electron chi connectivity index (χ1n) is 12.6. The van der Waals surface area contributed by atoms with E-state index in [-0.39, 0.29) is 25.9 Å². The largest absolute Gasteiger partial charge is 0.573 e. The second-order valence-electron chi connectivity index (χ2n) is 9.73. The monoisotopic (exact) mass is 600 g/mol. The maximum atomic E-state index is 13.8. The number of carbonyl (C=O) groups is 1. The Morgan fingerprint density at radius 3 is 2.21 bits per heavy atom. The highest BCUT2D eigenvalue weighted by molar-refractivity contribution is 7.93. The molecular weight excluding hydrogens is 569 g/mol. The predicted molar refractivity (Wildman–Crippen MR) is 131 cm³/mol. The first kappa shape index (κ1) is 29.8. The molecule has 0 radical (unpaired) electrons. The highest BCUT2D eigenvalue weighted by Crippen LogP contribution is 2.36. The van der Waals surface area contributed by atoms with Gasteiger partial charge in [0.1, 0.15) is 27.4 Å². The number of hydrogen-bond acceptors (Lipinski definition) is 9. The van der Waals surface area contributed by atoms with Gasteiger partial charge in [0.15, 0.2) is 11.0 Å². The molecule has 4 rings (SSSR count). The van der Waals surface area contributed by atoms with E-state index >= 15 is 0 Å². The summed E-state index contributed by atoms with van der Waals surface area (Å²) >= 11 is 0. The summed E-state index contributed by atoms with van der Waals surface area (Å²) in [5.41, 5.74) is 2.23. The van der Waals surface area contributed by atoms with Gasteiger partial charge in [-0.3, -0.25) is 4.79 Å². The van der Waals surface area contributed by atoms with Crippen LogP contribution in [0.5, 0.6) is 11.5 Å². The van der Waals surface area contributed by atoms with Crippen molar-refractivity contribution in [3.63, 3.8) is 0 Å². The van der Waals surface area contributed by atoms with Crippen LogP contribution in [-0.2, 0) is 34.2 Å². The minimum absolute atomic E-state index is 0.0106. The molecular formula is C23H31F3N2O9S2.